The third-order valence-electron chi connectivity index (χ3n) is 3.81. The highest BCUT2D eigenvalue weighted by Gasteiger charge is 2.17. The molecule has 0 aliphatic rings. The van der Waals surface area contributed by atoms with Crippen LogP contribution < -0.4 is 0 Å². The number of carbonyl (C=O) groups is 2. The van der Waals surface area contributed by atoms with E-state index >= 15 is 0 Å². The Morgan fingerprint density at radius 1 is 1.16 bits per heavy atom. The van der Waals surface area contributed by atoms with Crippen LogP contribution in [0.2, 0.25) is 0 Å². The number of nitrogens with zero attached hydrogens (tertiary/aromatic N) is 2. The van der Waals surface area contributed by atoms with Crippen molar-refractivity contribution >= 4 is 11.9 Å². The van der Waals surface area contributed by atoms with Crippen molar-refractivity contribution in [3.63, 3.8) is 0 Å². The number of carbonyl (C=O) groups excluding carboxylic acids is 1. The van der Waals surface area contributed by atoms with Gasteiger partial charge in [-0.05, 0) is 30.5 Å². The van der Waals surface area contributed by atoms with Gasteiger partial charge in [0.15, 0.2) is 0 Å². The molecule has 0 fully saturated rings. The average molecular weight is 342 g/mol. The Morgan fingerprint density at radius 3 is 2.60 bits per heavy atom. The Bertz CT molecular complexity index is 704. The van der Waals surface area contributed by atoms with Gasteiger partial charge < -0.3 is 14.7 Å². The highest BCUT2D eigenvalue weighted by atomic mass is 16.5. The van der Waals surface area contributed by atoms with Crippen molar-refractivity contribution in [2.45, 2.75) is 12.8 Å². The molecule has 6 nitrogen and oxygen atoms in total. The van der Waals surface area contributed by atoms with Crippen LogP contribution in [0.5, 0.6) is 0 Å². The molecule has 0 saturated carbocycles. The maximum absolute atomic E-state index is 12.7. The number of aromatic nitrogens is 1. The Kier molecular flexibility index (Phi) is 7.10. The maximum atomic E-state index is 12.7. The number of rotatable bonds is 9. The van der Waals surface area contributed by atoms with E-state index in [1.807, 2.05) is 18.2 Å². The second kappa shape index (κ2) is 9.54. The standard InChI is InChI=1S/C19H22N2O4/c1-25-13-12-21(11-5-8-15-6-3-2-4-7-15)18(22)16-9-10-20-17(14-16)19(23)24/h2-4,6-7,9-10,14H,5,8,11-13H2,1H3,(H,23,24). The molecular weight excluding hydrogens is 320 g/mol. The molecule has 0 aliphatic carbocycles. The number of ether oxygens (including phenoxy) is 1. The fraction of sp³-hybridized carbons (Fsp3) is 0.316. The minimum absolute atomic E-state index is 0.137. The number of amides is 1. The van der Waals surface area contributed by atoms with E-state index in [9.17, 15) is 9.59 Å². The third kappa shape index (κ3) is 5.69. The molecule has 1 N–H and O–H groups in total. The number of methoxy groups -OCH3 is 1. The Labute approximate surface area is 147 Å². The van der Waals surface area contributed by atoms with Crippen LogP contribution in [0.4, 0.5) is 0 Å². The third-order valence-corrected chi connectivity index (χ3v) is 3.81. The minimum atomic E-state index is -1.15. The van der Waals surface area contributed by atoms with Gasteiger partial charge in [0, 0.05) is 32.0 Å². The summed E-state index contributed by atoms with van der Waals surface area (Å²) in [5, 5.41) is 9.03. The molecule has 0 saturated heterocycles. The lowest BCUT2D eigenvalue weighted by molar-refractivity contribution is 0.0689. The zero-order valence-electron chi connectivity index (χ0n) is 14.2. The van der Waals surface area contributed by atoms with Crippen molar-refractivity contribution in [3.8, 4) is 0 Å². The van der Waals surface area contributed by atoms with E-state index < -0.39 is 5.97 Å². The second-order valence-corrected chi connectivity index (χ2v) is 5.61. The summed E-state index contributed by atoms with van der Waals surface area (Å²) in [6.45, 7) is 1.45. The molecule has 1 heterocycles. The number of benzene rings is 1. The van der Waals surface area contributed by atoms with E-state index in [1.54, 1.807) is 12.0 Å². The Hall–Kier alpha value is -2.73. The summed E-state index contributed by atoms with van der Waals surface area (Å²) in [6.07, 6.45) is 3.03. The lowest BCUT2D eigenvalue weighted by Gasteiger charge is -2.22. The molecule has 1 aromatic carbocycles. The van der Waals surface area contributed by atoms with Crippen LogP contribution in [0.3, 0.4) is 0 Å². The molecule has 0 bridgehead atoms. The van der Waals surface area contributed by atoms with E-state index in [4.69, 9.17) is 9.84 Å². The molecule has 0 spiro atoms. The quantitative estimate of drug-likeness (QED) is 0.757. The first-order valence-corrected chi connectivity index (χ1v) is 8.13. The van der Waals surface area contributed by atoms with Gasteiger partial charge in [0.1, 0.15) is 5.69 Å². The number of carboxylic acid groups (broad SMARTS) is 1. The highest BCUT2D eigenvalue weighted by Crippen LogP contribution is 2.09. The molecule has 2 rings (SSSR count). The van der Waals surface area contributed by atoms with Gasteiger partial charge in [-0.25, -0.2) is 9.78 Å². The Morgan fingerprint density at radius 2 is 1.92 bits per heavy atom. The van der Waals surface area contributed by atoms with Crippen molar-refractivity contribution < 1.29 is 19.4 Å². The minimum Gasteiger partial charge on any atom is -0.477 e. The van der Waals surface area contributed by atoms with E-state index in [2.05, 4.69) is 17.1 Å². The van der Waals surface area contributed by atoms with Gasteiger partial charge in [-0.2, -0.15) is 0 Å². The predicted molar refractivity (Wildman–Crippen MR) is 93.7 cm³/mol. The average Bonchev–Trinajstić information content (AvgIpc) is 2.65. The molecule has 6 heteroatoms. The van der Waals surface area contributed by atoms with Gasteiger partial charge in [0.2, 0.25) is 0 Å². The fourth-order valence-corrected chi connectivity index (χ4v) is 2.50. The topological polar surface area (TPSA) is 79.7 Å². The highest BCUT2D eigenvalue weighted by molar-refractivity contribution is 5.96. The molecular formula is C19H22N2O4. The molecule has 0 aliphatic heterocycles. The van der Waals surface area contributed by atoms with Gasteiger partial charge >= 0.3 is 5.97 Å². The van der Waals surface area contributed by atoms with E-state index in [-0.39, 0.29) is 11.6 Å². The monoisotopic (exact) mass is 342 g/mol. The SMILES string of the molecule is COCCN(CCCc1ccccc1)C(=O)c1ccnc(C(=O)O)c1. The van der Waals surface area contributed by atoms with E-state index in [0.717, 1.165) is 12.8 Å². The summed E-state index contributed by atoms with van der Waals surface area (Å²) in [6, 6.07) is 12.9. The second-order valence-electron chi connectivity index (χ2n) is 5.61. The molecule has 25 heavy (non-hydrogen) atoms. The first-order chi connectivity index (χ1) is 12.1. The summed E-state index contributed by atoms with van der Waals surface area (Å²) < 4.78 is 5.08. The lowest BCUT2D eigenvalue weighted by atomic mass is 10.1. The molecule has 1 aromatic heterocycles. The van der Waals surface area contributed by atoms with Crippen molar-refractivity contribution in [2.75, 3.05) is 26.8 Å². The summed E-state index contributed by atoms with van der Waals surface area (Å²) in [7, 11) is 1.58. The zero-order chi connectivity index (χ0) is 18.1. The first-order valence-electron chi connectivity index (χ1n) is 8.13. The van der Waals surface area contributed by atoms with Crippen molar-refractivity contribution in [3.05, 3.63) is 65.5 Å². The maximum Gasteiger partial charge on any atom is 0.354 e. The number of carboxylic acids is 1. The molecule has 132 valence electrons. The van der Waals surface area contributed by atoms with Gasteiger partial charge in [-0.15, -0.1) is 0 Å². The van der Waals surface area contributed by atoms with E-state index in [0.29, 0.717) is 25.3 Å². The zero-order valence-corrected chi connectivity index (χ0v) is 14.2. The molecule has 0 unspecified atom stereocenters. The summed E-state index contributed by atoms with van der Waals surface area (Å²) in [5.74, 6) is -1.36. The van der Waals surface area contributed by atoms with Crippen LogP contribution in [0.25, 0.3) is 0 Å². The fourth-order valence-electron chi connectivity index (χ4n) is 2.50. The van der Waals surface area contributed by atoms with Crippen molar-refractivity contribution in [1.82, 2.24) is 9.88 Å². The van der Waals surface area contributed by atoms with Crippen LogP contribution in [0, 0.1) is 0 Å². The predicted octanol–water partition coefficient (Wildman–Crippen LogP) is 2.50. The number of pyridine rings is 1. The first kappa shape index (κ1) is 18.6. The van der Waals surface area contributed by atoms with Crippen LogP contribution in [-0.2, 0) is 11.2 Å². The number of aryl methyl sites for hydroxylation is 1. The van der Waals surface area contributed by atoms with Crippen molar-refractivity contribution in [2.24, 2.45) is 0 Å². The van der Waals surface area contributed by atoms with E-state index in [1.165, 1.54) is 23.9 Å². The summed E-state index contributed by atoms with van der Waals surface area (Å²) >= 11 is 0. The normalized spacial score (nSPS) is 10.4. The largest absolute Gasteiger partial charge is 0.477 e. The molecule has 2 aromatic rings. The smallest absolute Gasteiger partial charge is 0.354 e. The summed E-state index contributed by atoms with van der Waals surface area (Å²) in [5.41, 5.74) is 1.41. The van der Waals surface area contributed by atoms with Crippen molar-refractivity contribution in [1.29, 1.82) is 0 Å². The molecule has 0 radical (unpaired) electrons. The van der Waals surface area contributed by atoms with Crippen LogP contribution in [-0.4, -0.2) is 53.7 Å². The van der Waals surface area contributed by atoms with Gasteiger partial charge in [-0.3, -0.25) is 4.79 Å². The van der Waals surface area contributed by atoms with Gasteiger partial charge in [0.25, 0.3) is 5.91 Å². The van der Waals surface area contributed by atoms with Crippen LogP contribution >= 0.6 is 0 Å². The number of hydrogen-bond donors (Lipinski definition) is 1. The summed E-state index contributed by atoms with van der Waals surface area (Å²) in [4.78, 5) is 29.2. The number of aromatic carboxylic acids is 1. The van der Waals surface area contributed by atoms with Gasteiger partial charge in [-0.1, -0.05) is 30.3 Å². The molecule has 0 atom stereocenters. The Balaban J connectivity index is 2.03. The van der Waals surface area contributed by atoms with Gasteiger partial charge in [0.05, 0.1) is 6.61 Å². The number of hydrogen-bond acceptors (Lipinski definition) is 4. The van der Waals surface area contributed by atoms with Crippen LogP contribution in [0.1, 0.15) is 32.8 Å². The molecule has 1 amide bonds. The van der Waals surface area contributed by atoms with Crippen LogP contribution in [0.15, 0.2) is 48.7 Å². The lowest BCUT2D eigenvalue weighted by Crippen LogP contribution is -2.35.